The second kappa shape index (κ2) is 6.48. The molecule has 3 rings (SSSR count). The van der Waals surface area contributed by atoms with Gasteiger partial charge in [-0.25, -0.2) is 4.52 Å². The molecule has 2 aromatic rings. The zero-order chi connectivity index (χ0) is 17.4. The fourth-order valence-corrected chi connectivity index (χ4v) is 3.22. The number of pyridine rings is 1. The Morgan fingerprint density at radius 3 is 2.92 bits per heavy atom. The quantitative estimate of drug-likeness (QED) is 0.789. The summed E-state index contributed by atoms with van der Waals surface area (Å²) < 4.78 is 1.64. The van der Waals surface area contributed by atoms with Gasteiger partial charge in [0.15, 0.2) is 5.69 Å². The highest BCUT2D eigenvalue weighted by Crippen LogP contribution is 2.27. The first-order valence-electron chi connectivity index (χ1n) is 7.96. The summed E-state index contributed by atoms with van der Waals surface area (Å²) in [6.07, 6.45) is 4.50. The number of amides is 1. The first kappa shape index (κ1) is 16.8. The maximum atomic E-state index is 12.9. The molecule has 0 aliphatic carbocycles. The second-order valence-corrected chi connectivity index (χ2v) is 6.82. The smallest absolute Gasteiger partial charge is 0.274 e. The van der Waals surface area contributed by atoms with Crippen LogP contribution in [0.2, 0.25) is 0 Å². The highest BCUT2D eigenvalue weighted by Gasteiger charge is 2.28. The highest BCUT2D eigenvalue weighted by molar-refractivity contribution is 6.32. The summed E-state index contributed by atoms with van der Waals surface area (Å²) in [4.78, 5) is 14.8. The van der Waals surface area contributed by atoms with Crippen molar-refractivity contribution in [1.82, 2.24) is 14.5 Å². The molecule has 0 spiro atoms. The largest absolute Gasteiger partial charge is 0.330 e. The van der Waals surface area contributed by atoms with Gasteiger partial charge in [0.05, 0.1) is 11.6 Å². The average molecular weight is 340 g/mol. The molecule has 2 radical (unpaired) electrons. The molecular weight excluding hydrogens is 320 g/mol. The zero-order valence-corrected chi connectivity index (χ0v) is 14.8. The Morgan fingerprint density at radius 2 is 2.21 bits per heavy atom. The molecule has 0 saturated heterocycles. The molecule has 0 aromatic carbocycles. The number of allylic oxidation sites excluding steroid dienone is 2. The van der Waals surface area contributed by atoms with E-state index in [1.807, 2.05) is 30.9 Å². The Hall–Kier alpha value is -2.01. The number of carbonyl (C=O) groups is 1. The van der Waals surface area contributed by atoms with Gasteiger partial charge < -0.3 is 4.90 Å². The summed E-state index contributed by atoms with van der Waals surface area (Å²) >= 11 is 6.00. The predicted octanol–water partition coefficient (Wildman–Crippen LogP) is 2.82. The van der Waals surface area contributed by atoms with Crippen molar-refractivity contribution in [2.45, 2.75) is 33.2 Å². The molecular formula is C18H19BClN3O. The van der Waals surface area contributed by atoms with Crippen LogP contribution in [-0.2, 0) is 0 Å². The van der Waals surface area contributed by atoms with E-state index in [0.29, 0.717) is 17.7 Å². The summed E-state index contributed by atoms with van der Waals surface area (Å²) in [6.45, 7) is 6.62. The van der Waals surface area contributed by atoms with Crippen LogP contribution in [-0.4, -0.2) is 40.9 Å². The minimum Gasteiger partial charge on any atom is -0.330 e. The predicted molar refractivity (Wildman–Crippen MR) is 98.0 cm³/mol. The standard InChI is InChI=1S/C18H19BClN3O/c1-11(20)8-14-6-7-22(13(3)12(14)2)18(24)17-9-16-5-4-15(19)10-23(16)21-17/h4-5,8-10,13H,6-7H2,1-3H3/b11-8+. The van der Waals surface area contributed by atoms with Gasteiger partial charge in [0.25, 0.3) is 5.91 Å². The first-order chi connectivity index (χ1) is 11.4. The lowest BCUT2D eigenvalue weighted by Gasteiger charge is -2.35. The lowest BCUT2D eigenvalue weighted by molar-refractivity contribution is 0.0701. The van der Waals surface area contributed by atoms with Crippen LogP contribution in [0.3, 0.4) is 0 Å². The monoisotopic (exact) mass is 339 g/mol. The minimum absolute atomic E-state index is 0.0170. The fourth-order valence-electron chi connectivity index (χ4n) is 3.09. The molecule has 1 aliphatic rings. The normalized spacial score (nSPS) is 19.2. The number of halogens is 1. The third-order valence-corrected chi connectivity index (χ3v) is 4.67. The van der Waals surface area contributed by atoms with Crippen LogP contribution in [0.4, 0.5) is 0 Å². The molecule has 0 N–H and O–H groups in total. The van der Waals surface area contributed by atoms with Crippen LogP contribution < -0.4 is 5.46 Å². The number of hydrogen-bond acceptors (Lipinski definition) is 2. The Bertz CT molecular complexity index is 864. The molecule has 1 aliphatic heterocycles. The molecule has 1 amide bonds. The first-order valence-corrected chi connectivity index (χ1v) is 8.34. The summed E-state index contributed by atoms with van der Waals surface area (Å²) in [5.41, 5.74) is 4.28. The number of nitrogens with zero attached hydrogens (tertiary/aromatic N) is 3. The second-order valence-electron chi connectivity index (χ2n) is 6.23. The van der Waals surface area contributed by atoms with Gasteiger partial charge in [-0.05, 0) is 56.5 Å². The molecule has 0 fully saturated rings. The zero-order valence-electron chi connectivity index (χ0n) is 14.1. The van der Waals surface area contributed by atoms with E-state index in [9.17, 15) is 4.79 Å². The van der Waals surface area contributed by atoms with Crippen LogP contribution in [0.5, 0.6) is 0 Å². The molecule has 3 heterocycles. The third kappa shape index (κ3) is 3.13. The van der Waals surface area contributed by atoms with E-state index in [1.54, 1.807) is 22.8 Å². The van der Waals surface area contributed by atoms with E-state index < -0.39 is 0 Å². The summed E-state index contributed by atoms with van der Waals surface area (Å²) in [7, 11) is 5.77. The molecule has 1 unspecified atom stereocenters. The Morgan fingerprint density at radius 1 is 1.46 bits per heavy atom. The number of rotatable bonds is 2. The van der Waals surface area contributed by atoms with Crippen LogP contribution in [0.1, 0.15) is 37.7 Å². The van der Waals surface area contributed by atoms with Crippen molar-refractivity contribution in [2.24, 2.45) is 0 Å². The number of hydrogen-bond donors (Lipinski definition) is 0. The highest BCUT2D eigenvalue weighted by atomic mass is 35.5. The maximum Gasteiger partial charge on any atom is 0.274 e. The van der Waals surface area contributed by atoms with Gasteiger partial charge in [-0.15, -0.1) is 0 Å². The summed E-state index contributed by atoms with van der Waals surface area (Å²) in [5, 5.41) is 5.13. The van der Waals surface area contributed by atoms with Gasteiger partial charge in [-0.2, -0.15) is 5.10 Å². The van der Waals surface area contributed by atoms with Gasteiger partial charge >= 0.3 is 0 Å². The van der Waals surface area contributed by atoms with E-state index in [4.69, 9.17) is 19.4 Å². The van der Waals surface area contributed by atoms with Gasteiger partial charge in [-0.1, -0.05) is 23.1 Å². The van der Waals surface area contributed by atoms with Crippen molar-refractivity contribution in [3.05, 3.63) is 52.3 Å². The molecule has 4 nitrogen and oxygen atoms in total. The van der Waals surface area contributed by atoms with Gasteiger partial charge in [0.1, 0.15) is 7.85 Å². The molecule has 1 atom stereocenters. The SMILES string of the molecule is [B]c1ccc2cc(C(=O)N3CCC(/C=C(\C)Cl)=C(C)C3C)nn2c1. The fraction of sp³-hybridized carbons (Fsp3) is 0.333. The van der Waals surface area contributed by atoms with Crippen molar-refractivity contribution in [2.75, 3.05) is 6.54 Å². The topological polar surface area (TPSA) is 37.6 Å². The number of fused-ring (bicyclic) bond motifs is 1. The number of aromatic nitrogens is 2. The van der Waals surface area contributed by atoms with E-state index in [2.05, 4.69) is 12.0 Å². The van der Waals surface area contributed by atoms with E-state index in [1.165, 1.54) is 11.1 Å². The molecule has 2 aromatic heterocycles. The molecule has 0 saturated carbocycles. The summed E-state index contributed by atoms with van der Waals surface area (Å²) in [5.74, 6) is -0.0604. The van der Waals surface area contributed by atoms with Gasteiger partial charge in [0, 0.05) is 17.8 Å². The Kier molecular flexibility index (Phi) is 4.55. The van der Waals surface area contributed by atoms with E-state index in [-0.39, 0.29) is 11.9 Å². The lowest BCUT2D eigenvalue weighted by Crippen LogP contribution is -2.43. The third-order valence-electron chi connectivity index (χ3n) is 4.56. The van der Waals surface area contributed by atoms with Crippen molar-refractivity contribution in [3.8, 4) is 0 Å². The minimum atomic E-state index is -0.0604. The van der Waals surface area contributed by atoms with Crippen LogP contribution in [0, 0.1) is 0 Å². The Labute approximate surface area is 148 Å². The number of carbonyl (C=O) groups excluding carboxylic acids is 1. The van der Waals surface area contributed by atoms with Crippen LogP contribution in [0.15, 0.2) is 46.7 Å². The van der Waals surface area contributed by atoms with E-state index in [0.717, 1.165) is 17.0 Å². The van der Waals surface area contributed by atoms with E-state index >= 15 is 0 Å². The average Bonchev–Trinajstić information content (AvgIpc) is 2.94. The van der Waals surface area contributed by atoms with Gasteiger partial charge in [-0.3, -0.25) is 4.79 Å². The lowest BCUT2D eigenvalue weighted by atomic mass is 9.94. The van der Waals surface area contributed by atoms with Crippen molar-refractivity contribution in [1.29, 1.82) is 0 Å². The van der Waals surface area contributed by atoms with Gasteiger partial charge in [0.2, 0.25) is 0 Å². The molecule has 6 heteroatoms. The molecule has 0 bridgehead atoms. The van der Waals surface area contributed by atoms with Crippen molar-refractivity contribution in [3.63, 3.8) is 0 Å². The van der Waals surface area contributed by atoms with Crippen LogP contribution >= 0.6 is 11.6 Å². The maximum absolute atomic E-state index is 12.9. The molecule has 122 valence electrons. The van der Waals surface area contributed by atoms with Crippen molar-refractivity contribution < 1.29 is 4.79 Å². The van der Waals surface area contributed by atoms with Crippen molar-refractivity contribution >= 4 is 36.3 Å². The Balaban J connectivity index is 1.90. The van der Waals surface area contributed by atoms with Crippen LogP contribution in [0.25, 0.3) is 5.52 Å². The molecule has 24 heavy (non-hydrogen) atoms. The summed E-state index contributed by atoms with van der Waals surface area (Å²) in [6, 6.07) is 5.47.